The first-order valence-corrected chi connectivity index (χ1v) is 5.63. The zero-order valence-corrected chi connectivity index (χ0v) is 10.2. The molecule has 0 fully saturated rings. The molecule has 0 saturated carbocycles. The maximum absolute atomic E-state index is 12.5. The summed E-state index contributed by atoms with van der Waals surface area (Å²) in [7, 11) is 0. The highest BCUT2D eigenvalue weighted by Gasteiger charge is 2.29. The topological polar surface area (TPSA) is 0 Å². The van der Waals surface area contributed by atoms with E-state index in [0.717, 1.165) is 34.4 Å². The lowest BCUT2D eigenvalue weighted by Gasteiger charge is -2.10. The van der Waals surface area contributed by atoms with Gasteiger partial charge in [-0.3, -0.25) is 0 Å². The van der Waals surface area contributed by atoms with E-state index in [9.17, 15) is 13.2 Å². The van der Waals surface area contributed by atoms with Gasteiger partial charge in [-0.25, -0.2) is 0 Å². The van der Waals surface area contributed by atoms with Crippen molar-refractivity contribution >= 4 is 0 Å². The number of aryl methyl sites for hydroxylation is 2. The van der Waals surface area contributed by atoms with Crippen molar-refractivity contribution in [2.45, 2.75) is 20.0 Å². The predicted molar refractivity (Wildman–Crippen MR) is 66.4 cm³/mol. The molecule has 0 spiro atoms. The Morgan fingerprint density at radius 1 is 0.833 bits per heavy atom. The Balaban J connectivity index is 2.43. The summed E-state index contributed by atoms with van der Waals surface area (Å²) in [6, 6.07) is 11.2. The Kier molecular flexibility index (Phi) is 3.16. The molecule has 0 amide bonds. The van der Waals surface area contributed by atoms with Crippen LogP contribution in [0.2, 0.25) is 0 Å². The molecule has 0 nitrogen and oxygen atoms in total. The van der Waals surface area contributed by atoms with Gasteiger partial charge in [0.1, 0.15) is 0 Å². The summed E-state index contributed by atoms with van der Waals surface area (Å²) in [5, 5.41) is 0. The minimum Gasteiger partial charge on any atom is -0.166 e. The van der Waals surface area contributed by atoms with Crippen LogP contribution in [0.25, 0.3) is 11.1 Å². The van der Waals surface area contributed by atoms with Gasteiger partial charge in [0, 0.05) is 0 Å². The van der Waals surface area contributed by atoms with Crippen molar-refractivity contribution in [3.63, 3.8) is 0 Å². The Bertz CT molecular complexity index is 551. The van der Waals surface area contributed by atoms with Crippen molar-refractivity contribution < 1.29 is 13.2 Å². The number of rotatable bonds is 1. The molecule has 2 aromatic rings. The average Bonchev–Trinajstić information content (AvgIpc) is 2.31. The smallest absolute Gasteiger partial charge is 0.166 e. The van der Waals surface area contributed by atoms with Gasteiger partial charge in [-0.05, 0) is 42.7 Å². The Morgan fingerprint density at radius 3 is 2.00 bits per heavy atom. The van der Waals surface area contributed by atoms with E-state index in [1.54, 1.807) is 0 Å². The van der Waals surface area contributed by atoms with E-state index in [4.69, 9.17) is 0 Å². The molecule has 94 valence electrons. The summed E-state index contributed by atoms with van der Waals surface area (Å²) in [6.07, 6.45) is -4.28. The fourth-order valence-electron chi connectivity index (χ4n) is 1.89. The lowest BCUT2D eigenvalue weighted by atomic mass is 9.97. The van der Waals surface area contributed by atoms with Crippen molar-refractivity contribution in [1.29, 1.82) is 0 Å². The van der Waals surface area contributed by atoms with E-state index in [1.807, 2.05) is 32.0 Å². The molecule has 18 heavy (non-hydrogen) atoms. The summed E-state index contributed by atoms with van der Waals surface area (Å²) in [4.78, 5) is 0. The van der Waals surface area contributed by atoms with E-state index in [1.165, 1.54) is 12.1 Å². The molecular formula is C15H13F3. The predicted octanol–water partition coefficient (Wildman–Crippen LogP) is 4.99. The minimum atomic E-state index is -4.28. The lowest BCUT2D eigenvalue weighted by Crippen LogP contribution is -2.04. The van der Waals surface area contributed by atoms with Crippen molar-refractivity contribution in [2.24, 2.45) is 0 Å². The molecule has 0 atom stereocenters. The van der Waals surface area contributed by atoms with E-state index in [0.29, 0.717) is 0 Å². The van der Waals surface area contributed by atoms with Crippen LogP contribution in [0.3, 0.4) is 0 Å². The van der Waals surface area contributed by atoms with Crippen molar-refractivity contribution in [3.8, 4) is 11.1 Å². The highest BCUT2D eigenvalue weighted by molar-refractivity contribution is 5.68. The van der Waals surface area contributed by atoms with E-state index < -0.39 is 11.7 Å². The van der Waals surface area contributed by atoms with Crippen LogP contribution in [-0.2, 0) is 6.18 Å². The van der Waals surface area contributed by atoms with Crippen LogP contribution in [0.15, 0.2) is 42.5 Å². The maximum atomic E-state index is 12.5. The number of alkyl halides is 3. The largest absolute Gasteiger partial charge is 0.416 e. The van der Waals surface area contributed by atoms with Crippen LogP contribution in [0, 0.1) is 13.8 Å². The first-order valence-electron chi connectivity index (χ1n) is 5.63. The quantitative estimate of drug-likeness (QED) is 0.669. The summed E-state index contributed by atoms with van der Waals surface area (Å²) in [6.45, 7) is 3.92. The second-order valence-corrected chi connectivity index (χ2v) is 4.39. The van der Waals surface area contributed by atoms with Crippen molar-refractivity contribution in [2.75, 3.05) is 0 Å². The summed E-state index contributed by atoms with van der Waals surface area (Å²) < 4.78 is 37.4. The van der Waals surface area contributed by atoms with Crippen LogP contribution in [-0.4, -0.2) is 0 Å². The zero-order valence-electron chi connectivity index (χ0n) is 10.2. The van der Waals surface area contributed by atoms with E-state index in [2.05, 4.69) is 0 Å². The van der Waals surface area contributed by atoms with E-state index in [-0.39, 0.29) is 0 Å². The molecule has 2 rings (SSSR count). The van der Waals surface area contributed by atoms with Gasteiger partial charge >= 0.3 is 6.18 Å². The van der Waals surface area contributed by atoms with Gasteiger partial charge in [-0.15, -0.1) is 0 Å². The molecule has 0 heterocycles. The Labute approximate surface area is 104 Å². The third-order valence-electron chi connectivity index (χ3n) is 2.92. The van der Waals surface area contributed by atoms with Gasteiger partial charge in [0.05, 0.1) is 5.56 Å². The monoisotopic (exact) mass is 250 g/mol. The number of hydrogen-bond acceptors (Lipinski definition) is 0. The Hall–Kier alpha value is -1.77. The molecular weight excluding hydrogens is 237 g/mol. The summed E-state index contributed by atoms with van der Waals surface area (Å²) in [5.74, 6) is 0. The molecule has 0 unspecified atom stereocenters. The second-order valence-electron chi connectivity index (χ2n) is 4.39. The van der Waals surface area contributed by atoms with Crippen LogP contribution in [0.4, 0.5) is 13.2 Å². The number of hydrogen-bond donors (Lipinski definition) is 0. The van der Waals surface area contributed by atoms with Crippen LogP contribution in [0.5, 0.6) is 0 Å². The molecule has 0 aliphatic rings. The van der Waals surface area contributed by atoms with Gasteiger partial charge in [0.15, 0.2) is 0 Å². The molecule has 0 N–H and O–H groups in total. The van der Waals surface area contributed by atoms with Gasteiger partial charge in [-0.1, -0.05) is 35.9 Å². The maximum Gasteiger partial charge on any atom is 0.416 e. The van der Waals surface area contributed by atoms with Crippen molar-refractivity contribution in [1.82, 2.24) is 0 Å². The zero-order chi connectivity index (χ0) is 13.3. The third-order valence-corrected chi connectivity index (χ3v) is 2.92. The van der Waals surface area contributed by atoms with Crippen molar-refractivity contribution in [3.05, 3.63) is 59.2 Å². The Morgan fingerprint density at radius 2 is 1.44 bits per heavy atom. The highest BCUT2D eigenvalue weighted by atomic mass is 19.4. The van der Waals surface area contributed by atoms with Gasteiger partial charge < -0.3 is 0 Å². The van der Waals surface area contributed by atoms with Crippen LogP contribution >= 0.6 is 0 Å². The minimum absolute atomic E-state index is 0.614. The second kappa shape index (κ2) is 4.48. The first kappa shape index (κ1) is 12.7. The van der Waals surface area contributed by atoms with Crippen LogP contribution < -0.4 is 0 Å². The molecule has 0 aliphatic heterocycles. The number of benzene rings is 2. The average molecular weight is 250 g/mol. The standard InChI is InChI=1S/C15H13F3/c1-10-3-4-11(2)14(9-10)12-5-7-13(8-6-12)15(16,17)18/h3-9H,1-2H3. The first-order chi connectivity index (χ1) is 8.38. The number of halogens is 3. The van der Waals surface area contributed by atoms with Crippen LogP contribution in [0.1, 0.15) is 16.7 Å². The van der Waals surface area contributed by atoms with Gasteiger partial charge in [0.25, 0.3) is 0 Å². The lowest BCUT2D eigenvalue weighted by molar-refractivity contribution is -0.137. The highest BCUT2D eigenvalue weighted by Crippen LogP contribution is 2.31. The van der Waals surface area contributed by atoms with Gasteiger partial charge in [0.2, 0.25) is 0 Å². The fourth-order valence-corrected chi connectivity index (χ4v) is 1.89. The molecule has 0 saturated heterocycles. The van der Waals surface area contributed by atoms with Gasteiger partial charge in [-0.2, -0.15) is 13.2 Å². The SMILES string of the molecule is Cc1ccc(C)c(-c2ccc(C(F)(F)F)cc2)c1. The summed E-state index contributed by atoms with van der Waals surface area (Å²) >= 11 is 0. The molecule has 0 aliphatic carbocycles. The molecule has 0 bridgehead atoms. The molecule has 2 aromatic carbocycles. The molecule has 0 radical (unpaired) electrons. The normalized spacial score (nSPS) is 11.6. The fraction of sp³-hybridized carbons (Fsp3) is 0.200. The van der Waals surface area contributed by atoms with E-state index >= 15 is 0 Å². The molecule has 0 aromatic heterocycles. The third kappa shape index (κ3) is 2.55. The molecule has 3 heteroatoms. The summed E-state index contributed by atoms with van der Waals surface area (Å²) in [5.41, 5.74) is 3.32.